The Kier molecular flexibility index (Phi) is 3.78. The van der Waals surface area contributed by atoms with Crippen LogP contribution in [-0.4, -0.2) is 12.6 Å². The van der Waals surface area contributed by atoms with E-state index in [-0.39, 0.29) is 0 Å². The van der Waals surface area contributed by atoms with Gasteiger partial charge in [0.15, 0.2) is 0 Å². The van der Waals surface area contributed by atoms with Gasteiger partial charge in [-0.3, -0.25) is 0 Å². The van der Waals surface area contributed by atoms with Crippen LogP contribution >= 0.6 is 0 Å². The Hall–Kier alpha value is -0.0400. The quantitative estimate of drug-likeness (QED) is 0.667. The van der Waals surface area contributed by atoms with Crippen LogP contribution in [0.1, 0.15) is 53.4 Å². The highest BCUT2D eigenvalue weighted by molar-refractivity contribution is 4.99. The van der Waals surface area contributed by atoms with Gasteiger partial charge in [-0.2, -0.15) is 0 Å². The van der Waals surface area contributed by atoms with Gasteiger partial charge < -0.3 is 5.32 Å². The molecule has 0 saturated heterocycles. The molecule has 0 aromatic heterocycles. The van der Waals surface area contributed by atoms with Crippen molar-refractivity contribution in [3.63, 3.8) is 0 Å². The lowest BCUT2D eigenvalue weighted by atomic mass is 9.84. The molecule has 0 amide bonds. The standard InChI is InChI=1S/C12H25N/c1-5-11(6-2)12(7-8-12)9-13-10(3)4/h10-11,13H,5-9H2,1-4H3. The monoisotopic (exact) mass is 183 g/mol. The molecule has 1 nitrogen and oxygen atoms in total. The fraction of sp³-hybridized carbons (Fsp3) is 1.00. The van der Waals surface area contributed by atoms with Crippen LogP contribution in [0.2, 0.25) is 0 Å². The first-order chi connectivity index (χ1) is 6.14. The third kappa shape index (κ3) is 2.70. The normalized spacial score (nSPS) is 19.8. The number of nitrogens with one attached hydrogen (secondary N) is 1. The minimum atomic E-state index is 0.645. The summed E-state index contributed by atoms with van der Waals surface area (Å²) in [5.41, 5.74) is 0.688. The van der Waals surface area contributed by atoms with E-state index >= 15 is 0 Å². The summed E-state index contributed by atoms with van der Waals surface area (Å²) in [6.07, 6.45) is 5.63. The van der Waals surface area contributed by atoms with Gasteiger partial charge in [0.1, 0.15) is 0 Å². The molecule has 0 aromatic carbocycles. The van der Waals surface area contributed by atoms with Crippen LogP contribution in [0, 0.1) is 11.3 Å². The number of hydrogen-bond donors (Lipinski definition) is 1. The third-order valence-corrected chi connectivity index (χ3v) is 3.61. The Morgan fingerprint density at radius 1 is 1.15 bits per heavy atom. The van der Waals surface area contributed by atoms with Crippen LogP contribution in [0.15, 0.2) is 0 Å². The zero-order valence-corrected chi connectivity index (χ0v) is 9.69. The molecule has 1 aliphatic carbocycles. The zero-order valence-electron chi connectivity index (χ0n) is 9.69. The molecule has 0 heterocycles. The summed E-state index contributed by atoms with van der Waals surface area (Å²) in [4.78, 5) is 0. The van der Waals surface area contributed by atoms with Crippen LogP contribution in [0.4, 0.5) is 0 Å². The van der Waals surface area contributed by atoms with E-state index in [1.165, 1.54) is 32.2 Å². The number of hydrogen-bond acceptors (Lipinski definition) is 1. The molecule has 1 saturated carbocycles. The largest absolute Gasteiger partial charge is 0.314 e. The molecule has 0 radical (unpaired) electrons. The fourth-order valence-corrected chi connectivity index (χ4v) is 2.45. The van der Waals surface area contributed by atoms with Crippen LogP contribution in [-0.2, 0) is 0 Å². The summed E-state index contributed by atoms with van der Waals surface area (Å²) in [7, 11) is 0. The minimum Gasteiger partial charge on any atom is -0.314 e. The molecule has 0 spiro atoms. The van der Waals surface area contributed by atoms with Gasteiger partial charge in [-0.25, -0.2) is 0 Å². The van der Waals surface area contributed by atoms with Crippen molar-refractivity contribution in [2.75, 3.05) is 6.54 Å². The van der Waals surface area contributed by atoms with Crippen molar-refractivity contribution in [2.24, 2.45) is 11.3 Å². The van der Waals surface area contributed by atoms with Crippen molar-refractivity contribution in [1.29, 1.82) is 0 Å². The fourth-order valence-electron chi connectivity index (χ4n) is 2.45. The van der Waals surface area contributed by atoms with Gasteiger partial charge in [-0.05, 0) is 24.2 Å². The van der Waals surface area contributed by atoms with Gasteiger partial charge in [0.05, 0.1) is 0 Å². The van der Waals surface area contributed by atoms with Crippen molar-refractivity contribution < 1.29 is 0 Å². The van der Waals surface area contributed by atoms with Gasteiger partial charge in [0, 0.05) is 12.6 Å². The molecular weight excluding hydrogens is 158 g/mol. The first-order valence-electron chi connectivity index (χ1n) is 5.88. The van der Waals surface area contributed by atoms with E-state index in [9.17, 15) is 0 Å². The third-order valence-electron chi connectivity index (χ3n) is 3.61. The molecule has 0 bridgehead atoms. The smallest absolute Gasteiger partial charge is 0.00128 e. The van der Waals surface area contributed by atoms with Gasteiger partial charge in [0.25, 0.3) is 0 Å². The molecule has 0 aliphatic heterocycles. The van der Waals surface area contributed by atoms with Crippen LogP contribution in [0.25, 0.3) is 0 Å². The minimum absolute atomic E-state index is 0.645. The molecular formula is C12H25N. The second-order valence-corrected chi connectivity index (χ2v) is 4.91. The van der Waals surface area contributed by atoms with E-state index in [4.69, 9.17) is 0 Å². The maximum absolute atomic E-state index is 3.60. The molecule has 13 heavy (non-hydrogen) atoms. The SMILES string of the molecule is CCC(CC)C1(CNC(C)C)CC1. The van der Waals surface area contributed by atoms with Crippen molar-refractivity contribution >= 4 is 0 Å². The molecule has 1 fully saturated rings. The highest BCUT2D eigenvalue weighted by Gasteiger charge is 2.46. The van der Waals surface area contributed by atoms with E-state index in [0.717, 1.165) is 5.92 Å². The first kappa shape index (κ1) is 11.0. The second-order valence-electron chi connectivity index (χ2n) is 4.91. The van der Waals surface area contributed by atoms with E-state index in [1.807, 2.05) is 0 Å². The molecule has 1 N–H and O–H groups in total. The Balaban J connectivity index is 2.36. The summed E-state index contributed by atoms with van der Waals surface area (Å²) in [6, 6.07) is 0.645. The van der Waals surface area contributed by atoms with Crippen molar-refractivity contribution in [3.8, 4) is 0 Å². The van der Waals surface area contributed by atoms with Crippen molar-refractivity contribution in [3.05, 3.63) is 0 Å². The van der Waals surface area contributed by atoms with Gasteiger partial charge >= 0.3 is 0 Å². The average molecular weight is 183 g/mol. The summed E-state index contributed by atoms with van der Waals surface area (Å²) in [5, 5.41) is 3.60. The van der Waals surface area contributed by atoms with Gasteiger partial charge in [-0.1, -0.05) is 40.5 Å². The predicted octanol–water partition coefficient (Wildman–Crippen LogP) is 3.20. The van der Waals surface area contributed by atoms with E-state index < -0.39 is 0 Å². The van der Waals surface area contributed by atoms with Crippen LogP contribution in [0.3, 0.4) is 0 Å². The van der Waals surface area contributed by atoms with Crippen LogP contribution < -0.4 is 5.32 Å². The molecule has 1 aliphatic rings. The maximum atomic E-state index is 3.60. The molecule has 1 rings (SSSR count). The first-order valence-corrected chi connectivity index (χ1v) is 5.88. The average Bonchev–Trinajstić information content (AvgIpc) is 2.85. The summed E-state index contributed by atoms with van der Waals surface area (Å²) in [5.74, 6) is 0.957. The van der Waals surface area contributed by atoms with Crippen LogP contribution in [0.5, 0.6) is 0 Å². The van der Waals surface area contributed by atoms with Gasteiger partial charge in [0.2, 0.25) is 0 Å². The molecule has 78 valence electrons. The lowest BCUT2D eigenvalue weighted by molar-refractivity contribution is 0.270. The Bertz CT molecular complexity index is 143. The second kappa shape index (κ2) is 4.45. The Morgan fingerprint density at radius 2 is 1.69 bits per heavy atom. The Morgan fingerprint density at radius 3 is 2.00 bits per heavy atom. The lowest BCUT2D eigenvalue weighted by Crippen LogP contribution is -2.33. The lowest BCUT2D eigenvalue weighted by Gasteiger charge is -2.26. The highest BCUT2D eigenvalue weighted by atomic mass is 14.9. The Labute approximate surface area is 83.3 Å². The molecule has 0 atom stereocenters. The number of rotatable bonds is 6. The molecule has 0 unspecified atom stereocenters. The molecule has 0 aromatic rings. The highest BCUT2D eigenvalue weighted by Crippen LogP contribution is 2.53. The summed E-state index contributed by atoms with van der Waals surface area (Å²) < 4.78 is 0. The molecule has 1 heteroatoms. The maximum Gasteiger partial charge on any atom is 0.00128 e. The van der Waals surface area contributed by atoms with E-state index in [0.29, 0.717) is 11.5 Å². The summed E-state index contributed by atoms with van der Waals surface area (Å²) in [6.45, 7) is 10.4. The van der Waals surface area contributed by atoms with Gasteiger partial charge in [-0.15, -0.1) is 0 Å². The van der Waals surface area contributed by atoms with E-state index in [1.54, 1.807) is 0 Å². The van der Waals surface area contributed by atoms with E-state index in [2.05, 4.69) is 33.0 Å². The predicted molar refractivity (Wildman–Crippen MR) is 58.9 cm³/mol. The topological polar surface area (TPSA) is 12.0 Å². The zero-order chi connectivity index (χ0) is 9.90. The van der Waals surface area contributed by atoms with Crippen molar-refractivity contribution in [1.82, 2.24) is 5.32 Å². The summed E-state index contributed by atoms with van der Waals surface area (Å²) >= 11 is 0. The van der Waals surface area contributed by atoms with Crippen molar-refractivity contribution in [2.45, 2.75) is 59.4 Å².